The molecule has 4 heteroatoms. The number of nitrogens with one attached hydrogen (secondary N) is 1. The largest absolute Gasteiger partial charge is 0.480 e. The van der Waals surface area contributed by atoms with Crippen molar-refractivity contribution in [3.8, 4) is 0 Å². The van der Waals surface area contributed by atoms with Gasteiger partial charge < -0.3 is 10.4 Å². The van der Waals surface area contributed by atoms with E-state index in [4.69, 9.17) is 16.7 Å². The summed E-state index contributed by atoms with van der Waals surface area (Å²) in [5.41, 5.74) is 0. The molecular weight excluding hydrogens is 154 g/mol. The van der Waals surface area contributed by atoms with Gasteiger partial charge in [0, 0.05) is 11.9 Å². The Hall–Kier alpha value is -0.280. The Balaban J connectivity index is 2.24. The summed E-state index contributed by atoms with van der Waals surface area (Å²) in [6, 6.07) is -0.158. The lowest BCUT2D eigenvalue weighted by Crippen LogP contribution is -2.39. The van der Waals surface area contributed by atoms with Crippen LogP contribution in [0.1, 0.15) is 12.8 Å². The second-order valence-corrected chi connectivity index (χ2v) is 2.79. The molecule has 10 heavy (non-hydrogen) atoms. The fourth-order valence-corrected chi connectivity index (χ4v) is 0.937. The van der Waals surface area contributed by atoms with E-state index in [9.17, 15) is 4.79 Å². The minimum absolute atomic E-state index is 0.145. The highest BCUT2D eigenvalue weighted by Gasteiger charge is 2.27. The van der Waals surface area contributed by atoms with Gasteiger partial charge in [-0.1, -0.05) is 0 Å². The number of carboxylic acids is 1. The van der Waals surface area contributed by atoms with E-state index in [1.807, 2.05) is 0 Å². The smallest absolute Gasteiger partial charge is 0.321 e. The molecule has 0 bridgehead atoms. The average Bonchev–Trinajstić information content (AvgIpc) is 2.64. The quantitative estimate of drug-likeness (QED) is 0.591. The maximum Gasteiger partial charge on any atom is 0.321 e. The van der Waals surface area contributed by atoms with Crippen LogP contribution in [0.3, 0.4) is 0 Å². The summed E-state index contributed by atoms with van der Waals surface area (Å²) in [5.74, 6) is -0.715. The highest BCUT2D eigenvalue weighted by molar-refractivity contribution is 6.19. The fourth-order valence-electron chi connectivity index (χ4n) is 0.716. The predicted molar refractivity (Wildman–Crippen MR) is 38.3 cm³/mol. The van der Waals surface area contributed by atoms with Gasteiger partial charge in [-0.3, -0.25) is 4.79 Å². The second-order valence-electron chi connectivity index (χ2n) is 2.49. The molecule has 0 unspecified atom stereocenters. The molecular formula is C6H10ClNO2. The average molecular weight is 164 g/mol. The third-order valence-corrected chi connectivity index (χ3v) is 1.78. The van der Waals surface area contributed by atoms with E-state index in [0.717, 1.165) is 12.8 Å². The first-order chi connectivity index (χ1) is 4.74. The van der Waals surface area contributed by atoms with Gasteiger partial charge in [0.2, 0.25) is 0 Å². The van der Waals surface area contributed by atoms with Crippen LogP contribution in [-0.4, -0.2) is 29.0 Å². The van der Waals surface area contributed by atoms with Crippen molar-refractivity contribution in [3.63, 3.8) is 0 Å². The van der Waals surface area contributed by atoms with Crippen molar-refractivity contribution in [1.82, 2.24) is 5.32 Å². The monoisotopic (exact) mass is 163 g/mol. The van der Waals surface area contributed by atoms with Crippen LogP contribution < -0.4 is 5.32 Å². The maximum atomic E-state index is 10.3. The first-order valence-electron chi connectivity index (χ1n) is 3.29. The number of carbonyl (C=O) groups is 1. The number of hydrogen-bond donors (Lipinski definition) is 2. The number of halogens is 1. The van der Waals surface area contributed by atoms with Crippen LogP contribution in [0.2, 0.25) is 0 Å². The van der Waals surface area contributed by atoms with Crippen LogP contribution in [0.4, 0.5) is 0 Å². The number of hydrogen-bond acceptors (Lipinski definition) is 2. The molecule has 0 amide bonds. The van der Waals surface area contributed by atoms with Gasteiger partial charge >= 0.3 is 5.97 Å². The van der Waals surface area contributed by atoms with E-state index in [0.29, 0.717) is 6.04 Å². The minimum Gasteiger partial charge on any atom is -0.480 e. The van der Waals surface area contributed by atoms with Crippen LogP contribution in [-0.2, 0) is 4.79 Å². The molecule has 0 aromatic heterocycles. The van der Waals surface area contributed by atoms with Gasteiger partial charge in [-0.15, -0.1) is 11.6 Å². The molecule has 0 radical (unpaired) electrons. The lowest BCUT2D eigenvalue weighted by Gasteiger charge is -2.08. The van der Waals surface area contributed by atoms with E-state index >= 15 is 0 Å². The Labute approximate surface area is 64.4 Å². The van der Waals surface area contributed by atoms with Crippen molar-refractivity contribution in [2.75, 3.05) is 5.88 Å². The van der Waals surface area contributed by atoms with Gasteiger partial charge in [0.05, 0.1) is 0 Å². The molecule has 1 rings (SSSR count). The fraction of sp³-hybridized carbons (Fsp3) is 0.833. The van der Waals surface area contributed by atoms with Crippen LogP contribution >= 0.6 is 11.6 Å². The molecule has 0 aliphatic heterocycles. The normalized spacial score (nSPS) is 20.5. The summed E-state index contributed by atoms with van der Waals surface area (Å²) < 4.78 is 0. The van der Waals surface area contributed by atoms with Gasteiger partial charge in [0.15, 0.2) is 0 Å². The van der Waals surface area contributed by atoms with Crippen molar-refractivity contribution in [3.05, 3.63) is 0 Å². The van der Waals surface area contributed by atoms with E-state index in [-0.39, 0.29) is 5.88 Å². The van der Waals surface area contributed by atoms with E-state index in [1.165, 1.54) is 0 Å². The molecule has 1 saturated carbocycles. The van der Waals surface area contributed by atoms with E-state index in [2.05, 4.69) is 5.32 Å². The summed E-state index contributed by atoms with van der Waals surface area (Å²) >= 11 is 5.39. The van der Waals surface area contributed by atoms with Crippen LogP contribution in [0, 0.1) is 0 Å². The number of aliphatic carboxylic acids is 1. The zero-order chi connectivity index (χ0) is 7.56. The zero-order valence-electron chi connectivity index (χ0n) is 5.51. The lowest BCUT2D eigenvalue weighted by molar-refractivity contribution is -0.138. The molecule has 0 aromatic carbocycles. The Kier molecular flexibility index (Phi) is 2.51. The van der Waals surface area contributed by atoms with Crippen molar-refractivity contribution >= 4 is 17.6 Å². The molecule has 2 N–H and O–H groups in total. The molecule has 1 fully saturated rings. The first-order valence-corrected chi connectivity index (χ1v) is 3.82. The lowest BCUT2D eigenvalue weighted by atomic mass is 10.3. The summed E-state index contributed by atoms with van der Waals surface area (Å²) in [6.07, 6.45) is 2.17. The molecule has 3 nitrogen and oxygen atoms in total. The van der Waals surface area contributed by atoms with Crippen molar-refractivity contribution in [1.29, 1.82) is 0 Å². The van der Waals surface area contributed by atoms with Gasteiger partial charge in [-0.2, -0.15) is 0 Å². The van der Waals surface area contributed by atoms with Crippen LogP contribution in [0.5, 0.6) is 0 Å². The Morgan fingerprint density at radius 2 is 2.40 bits per heavy atom. The van der Waals surface area contributed by atoms with Crippen molar-refractivity contribution in [2.24, 2.45) is 0 Å². The number of alkyl halides is 1. The highest BCUT2D eigenvalue weighted by Crippen LogP contribution is 2.19. The molecule has 0 spiro atoms. The van der Waals surface area contributed by atoms with Crippen LogP contribution in [0.25, 0.3) is 0 Å². The Bertz CT molecular complexity index is 136. The van der Waals surface area contributed by atoms with Gasteiger partial charge in [-0.05, 0) is 12.8 Å². The third kappa shape index (κ3) is 2.15. The highest BCUT2D eigenvalue weighted by atomic mass is 35.5. The Morgan fingerprint density at radius 1 is 1.80 bits per heavy atom. The summed E-state index contributed by atoms with van der Waals surface area (Å²) in [4.78, 5) is 10.3. The Morgan fingerprint density at radius 3 is 2.70 bits per heavy atom. The molecule has 1 aliphatic rings. The first kappa shape index (κ1) is 7.82. The molecule has 1 aliphatic carbocycles. The standard InChI is InChI=1S/C6H10ClNO2/c7-3-5(6(9)10)8-4-1-2-4/h4-5,8H,1-3H2,(H,9,10)/t5-/m0/s1. The van der Waals surface area contributed by atoms with Crippen molar-refractivity contribution < 1.29 is 9.90 Å². The van der Waals surface area contributed by atoms with Crippen molar-refractivity contribution in [2.45, 2.75) is 24.9 Å². The molecule has 0 heterocycles. The number of carboxylic acid groups (broad SMARTS) is 1. The topological polar surface area (TPSA) is 49.3 Å². The SMILES string of the molecule is O=C(O)[C@H](CCl)NC1CC1. The number of rotatable bonds is 4. The van der Waals surface area contributed by atoms with E-state index in [1.54, 1.807) is 0 Å². The minimum atomic E-state index is -0.859. The van der Waals surface area contributed by atoms with Crippen LogP contribution in [0.15, 0.2) is 0 Å². The molecule has 58 valence electrons. The van der Waals surface area contributed by atoms with E-state index < -0.39 is 12.0 Å². The third-order valence-electron chi connectivity index (χ3n) is 1.47. The van der Waals surface area contributed by atoms with Gasteiger partial charge in [-0.25, -0.2) is 0 Å². The zero-order valence-corrected chi connectivity index (χ0v) is 6.27. The molecule has 0 aromatic rings. The van der Waals surface area contributed by atoms with Gasteiger partial charge in [0.1, 0.15) is 6.04 Å². The summed E-state index contributed by atoms with van der Waals surface area (Å²) in [7, 11) is 0. The van der Waals surface area contributed by atoms with Gasteiger partial charge in [0.25, 0.3) is 0 Å². The summed E-state index contributed by atoms with van der Waals surface area (Å²) in [5, 5.41) is 11.4. The second kappa shape index (κ2) is 3.21. The molecule has 0 saturated heterocycles. The maximum absolute atomic E-state index is 10.3. The molecule has 1 atom stereocenters. The summed E-state index contributed by atoms with van der Waals surface area (Å²) in [6.45, 7) is 0. The predicted octanol–water partition coefficient (Wildman–Crippen LogP) is 0.430.